The highest BCUT2D eigenvalue weighted by Crippen LogP contribution is 2.10. The van der Waals surface area contributed by atoms with Crippen LogP contribution in [0.2, 0.25) is 0 Å². The summed E-state index contributed by atoms with van der Waals surface area (Å²) < 4.78 is 0. The van der Waals surface area contributed by atoms with Gasteiger partial charge in [0.05, 0.1) is 0 Å². The largest absolute Gasteiger partial charge is 0.317 e. The van der Waals surface area contributed by atoms with Gasteiger partial charge in [-0.3, -0.25) is 4.79 Å². The Kier molecular flexibility index (Phi) is 10.9. The van der Waals surface area contributed by atoms with E-state index in [1.165, 1.54) is 25.7 Å². The highest BCUT2D eigenvalue weighted by molar-refractivity contribution is 5.80. The summed E-state index contributed by atoms with van der Waals surface area (Å²) in [6.45, 7) is 8.48. The van der Waals surface area contributed by atoms with Gasteiger partial charge in [0.1, 0.15) is 5.78 Å². The lowest BCUT2D eigenvalue weighted by Crippen LogP contribution is -2.13. The monoisotopic (exact) mass is 227 g/mol. The minimum absolute atomic E-state index is 0.272. The molecule has 0 fully saturated rings. The second kappa shape index (κ2) is 11.1. The average Bonchev–Trinajstić information content (AvgIpc) is 2.31. The summed E-state index contributed by atoms with van der Waals surface area (Å²) in [6.07, 6.45) is 7.93. The number of carbonyl (C=O) groups excluding carboxylic acids is 1. The summed E-state index contributed by atoms with van der Waals surface area (Å²) in [5, 5.41) is 3.33. The van der Waals surface area contributed by atoms with E-state index in [0.717, 1.165) is 32.4 Å². The highest BCUT2D eigenvalue weighted by atomic mass is 16.1. The molecule has 1 unspecified atom stereocenters. The normalized spacial score (nSPS) is 12.7. The average molecular weight is 227 g/mol. The molecule has 0 rings (SSSR count). The van der Waals surface area contributed by atoms with E-state index >= 15 is 0 Å². The maximum atomic E-state index is 11.5. The van der Waals surface area contributed by atoms with Crippen LogP contribution in [-0.4, -0.2) is 18.9 Å². The predicted octanol–water partition coefficient (Wildman–Crippen LogP) is 3.55. The lowest BCUT2D eigenvalue weighted by molar-refractivity contribution is -0.122. The van der Waals surface area contributed by atoms with Gasteiger partial charge in [-0.2, -0.15) is 0 Å². The molecule has 0 saturated heterocycles. The summed E-state index contributed by atoms with van der Waals surface area (Å²) in [5.74, 6) is 0.726. The number of ketones is 1. The van der Waals surface area contributed by atoms with Crippen molar-refractivity contribution in [2.75, 3.05) is 13.1 Å². The lowest BCUT2D eigenvalue weighted by atomic mass is 9.98. The number of rotatable bonds is 11. The molecule has 0 aliphatic heterocycles. The fourth-order valence-corrected chi connectivity index (χ4v) is 1.73. The van der Waals surface area contributed by atoms with Crippen LogP contribution in [0.5, 0.6) is 0 Å². The zero-order valence-corrected chi connectivity index (χ0v) is 11.3. The molecule has 0 aromatic rings. The lowest BCUT2D eigenvalue weighted by Gasteiger charge is -2.06. The molecule has 0 aliphatic carbocycles. The Bertz CT molecular complexity index is 168. The summed E-state index contributed by atoms with van der Waals surface area (Å²) in [7, 11) is 0. The molecule has 1 N–H and O–H groups in total. The molecule has 96 valence electrons. The van der Waals surface area contributed by atoms with E-state index in [9.17, 15) is 4.79 Å². The fraction of sp³-hybridized carbons (Fsp3) is 0.929. The van der Waals surface area contributed by atoms with Gasteiger partial charge in [-0.25, -0.2) is 0 Å². The van der Waals surface area contributed by atoms with Crippen LogP contribution in [0.3, 0.4) is 0 Å². The Morgan fingerprint density at radius 2 is 1.69 bits per heavy atom. The molecule has 0 bridgehead atoms. The molecule has 0 amide bonds. The smallest absolute Gasteiger partial charge is 0.135 e. The second-order valence-electron chi connectivity index (χ2n) is 4.65. The Morgan fingerprint density at radius 1 is 1.06 bits per heavy atom. The Morgan fingerprint density at radius 3 is 2.31 bits per heavy atom. The zero-order chi connectivity index (χ0) is 12.2. The number of carbonyl (C=O) groups is 1. The molecule has 0 saturated carbocycles. The maximum Gasteiger partial charge on any atom is 0.135 e. The molecule has 0 heterocycles. The van der Waals surface area contributed by atoms with Crippen molar-refractivity contribution >= 4 is 5.78 Å². The van der Waals surface area contributed by atoms with Gasteiger partial charge < -0.3 is 5.32 Å². The van der Waals surface area contributed by atoms with E-state index in [2.05, 4.69) is 19.2 Å². The van der Waals surface area contributed by atoms with Gasteiger partial charge in [-0.1, -0.05) is 40.0 Å². The maximum absolute atomic E-state index is 11.5. The van der Waals surface area contributed by atoms with E-state index in [0.29, 0.717) is 5.78 Å². The van der Waals surface area contributed by atoms with Crippen molar-refractivity contribution in [3.63, 3.8) is 0 Å². The summed E-state index contributed by atoms with van der Waals surface area (Å²) in [5.41, 5.74) is 0. The number of Topliss-reactive ketones (excluding diaryl/α,β-unsaturated/α-hetero) is 1. The molecule has 1 atom stereocenters. The molecule has 0 radical (unpaired) electrons. The van der Waals surface area contributed by atoms with E-state index in [4.69, 9.17) is 0 Å². The van der Waals surface area contributed by atoms with Crippen LogP contribution >= 0.6 is 0 Å². The quantitative estimate of drug-likeness (QED) is 0.547. The summed E-state index contributed by atoms with van der Waals surface area (Å²) >= 11 is 0. The molecule has 0 spiro atoms. The van der Waals surface area contributed by atoms with Gasteiger partial charge in [0, 0.05) is 12.3 Å². The van der Waals surface area contributed by atoms with E-state index in [-0.39, 0.29) is 5.92 Å². The minimum atomic E-state index is 0.272. The van der Waals surface area contributed by atoms with Crippen molar-refractivity contribution in [1.29, 1.82) is 0 Å². The number of hydrogen-bond acceptors (Lipinski definition) is 2. The van der Waals surface area contributed by atoms with Crippen molar-refractivity contribution in [2.45, 2.75) is 65.7 Å². The minimum Gasteiger partial charge on any atom is -0.317 e. The standard InChI is InChI=1S/C14H29NO/c1-4-13(3)14(16)11-9-7-6-8-10-12-15-5-2/h13,15H,4-12H2,1-3H3. The van der Waals surface area contributed by atoms with Gasteiger partial charge >= 0.3 is 0 Å². The first-order valence-electron chi connectivity index (χ1n) is 6.95. The third kappa shape index (κ3) is 8.90. The van der Waals surface area contributed by atoms with Crippen molar-refractivity contribution in [1.82, 2.24) is 5.32 Å². The van der Waals surface area contributed by atoms with Crippen molar-refractivity contribution in [3.8, 4) is 0 Å². The van der Waals surface area contributed by atoms with E-state index in [1.807, 2.05) is 6.92 Å². The van der Waals surface area contributed by atoms with Crippen LogP contribution in [-0.2, 0) is 4.79 Å². The fourth-order valence-electron chi connectivity index (χ4n) is 1.73. The van der Waals surface area contributed by atoms with Crippen LogP contribution in [0, 0.1) is 5.92 Å². The molecule has 2 nitrogen and oxygen atoms in total. The van der Waals surface area contributed by atoms with Gasteiger partial charge in [0.25, 0.3) is 0 Å². The predicted molar refractivity (Wildman–Crippen MR) is 70.7 cm³/mol. The van der Waals surface area contributed by atoms with Crippen molar-refractivity contribution in [3.05, 3.63) is 0 Å². The van der Waals surface area contributed by atoms with Gasteiger partial charge in [-0.15, -0.1) is 0 Å². The van der Waals surface area contributed by atoms with Crippen LogP contribution in [0.25, 0.3) is 0 Å². The topological polar surface area (TPSA) is 29.1 Å². The summed E-state index contributed by atoms with van der Waals surface area (Å²) in [4.78, 5) is 11.5. The molecular weight excluding hydrogens is 198 g/mol. The molecule has 16 heavy (non-hydrogen) atoms. The SMILES string of the molecule is CCNCCCCCCCC(=O)C(C)CC. The highest BCUT2D eigenvalue weighted by Gasteiger charge is 2.09. The Hall–Kier alpha value is -0.370. The number of hydrogen-bond donors (Lipinski definition) is 1. The van der Waals surface area contributed by atoms with Crippen LogP contribution in [0.4, 0.5) is 0 Å². The number of unbranched alkanes of at least 4 members (excludes halogenated alkanes) is 4. The van der Waals surface area contributed by atoms with E-state index in [1.54, 1.807) is 0 Å². The van der Waals surface area contributed by atoms with Gasteiger partial charge in [-0.05, 0) is 32.4 Å². The molecule has 2 heteroatoms. The molecule has 0 aliphatic rings. The van der Waals surface area contributed by atoms with Crippen LogP contribution < -0.4 is 5.32 Å². The molecular formula is C14H29NO. The Labute approximate surface area is 101 Å². The van der Waals surface area contributed by atoms with E-state index < -0.39 is 0 Å². The van der Waals surface area contributed by atoms with Crippen LogP contribution in [0.1, 0.15) is 65.7 Å². The van der Waals surface area contributed by atoms with Gasteiger partial charge in [0.2, 0.25) is 0 Å². The first kappa shape index (κ1) is 15.6. The van der Waals surface area contributed by atoms with Gasteiger partial charge in [0.15, 0.2) is 0 Å². The zero-order valence-electron chi connectivity index (χ0n) is 11.3. The molecule has 0 aromatic heterocycles. The second-order valence-corrected chi connectivity index (χ2v) is 4.65. The third-order valence-corrected chi connectivity index (χ3v) is 3.19. The van der Waals surface area contributed by atoms with Crippen molar-refractivity contribution in [2.24, 2.45) is 5.92 Å². The van der Waals surface area contributed by atoms with Crippen LogP contribution in [0.15, 0.2) is 0 Å². The summed E-state index contributed by atoms with van der Waals surface area (Å²) in [6, 6.07) is 0. The Balaban J connectivity index is 3.18. The first-order chi connectivity index (χ1) is 7.72. The number of nitrogens with one attached hydrogen (secondary N) is 1. The first-order valence-corrected chi connectivity index (χ1v) is 6.95. The third-order valence-electron chi connectivity index (χ3n) is 3.19. The molecule has 0 aromatic carbocycles. The van der Waals surface area contributed by atoms with Crippen molar-refractivity contribution < 1.29 is 4.79 Å².